The molecule has 0 saturated carbocycles. The quantitative estimate of drug-likeness (QED) is 0.195. The van der Waals surface area contributed by atoms with Crippen LogP contribution < -0.4 is 22.5 Å². The average molecular weight is 623 g/mol. The summed E-state index contributed by atoms with van der Waals surface area (Å²) in [7, 11) is 1.22. The minimum absolute atomic E-state index is 0.0547. The van der Waals surface area contributed by atoms with Crippen LogP contribution in [0.1, 0.15) is 36.4 Å². The van der Waals surface area contributed by atoms with Crippen LogP contribution in [0.2, 0.25) is 5.32 Å². The maximum atomic E-state index is 13.5. The molecule has 2 fully saturated rings. The zero-order chi connectivity index (χ0) is 27.8. The van der Waals surface area contributed by atoms with E-state index in [0.717, 1.165) is 0 Å². The van der Waals surface area contributed by atoms with Gasteiger partial charge in [-0.3, -0.25) is 0 Å². The summed E-state index contributed by atoms with van der Waals surface area (Å²) in [6.07, 6.45) is -6.12. The van der Waals surface area contributed by atoms with Crippen LogP contribution in [-0.2, 0) is 23.1 Å². The molecular weight excluding hydrogens is 594 g/mol. The van der Waals surface area contributed by atoms with E-state index in [9.17, 15) is 34.0 Å². The molecule has 17 heteroatoms. The van der Waals surface area contributed by atoms with Crippen LogP contribution in [0.5, 0.6) is 0 Å². The van der Waals surface area contributed by atoms with Gasteiger partial charge in [0.1, 0.15) is 0 Å². The molecule has 2 aliphatic heterocycles. The van der Waals surface area contributed by atoms with Gasteiger partial charge in [-0.1, -0.05) is 0 Å². The molecule has 0 aromatic carbocycles. The first-order chi connectivity index (χ1) is 17.9. The third-order valence-corrected chi connectivity index (χ3v) is 12.9. The summed E-state index contributed by atoms with van der Waals surface area (Å²) in [6.45, 7) is 2.59. The second-order valence-corrected chi connectivity index (χ2v) is 15.9. The Hall–Kier alpha value is -2.13. The van der Waals surface area contributed by atoms with E-state index >= 15 is 0 Å². The number of aliphatic hydroxyl groups excluding tert-OH is 2. The number of aromatic amines is 2. The van der Waals surface area contributed by atoms with Crippen molar-refractivity contribution in [1.82, 2.24) is 19.1 Å². The number of aliphatic hydroxyl groups is 2. The summed E-state index contributed by atoms with van der Waals surface area (Å²) in [5, 5.41) is 20.4. The van der Waals surface area contributed by atoms with Crippen LogP contribution in [-0.4, -0.2) is 82.0 Å². The molecule has 4 N–H and O–H groups in total. The Kier molecular flexibility index (Phi) is 8.77. The Morgan fingerprint density at radius 3 is 2.05 bits per heavy atom. The first-order valence-corrected chi connectivity index (χ1v) is 16.6. The zero-order valence-corrected chi connectivity index (χ0v) is 23.4. The Morgan fingerprint density at radius 1 is 1.00 bits per heavy atom. The standard InChI is InChI=1S/C21H29N4O11PSe/c1-10-6-24(20(30)22-18(10)28)16-4-12(27)15(35-16)9-38-37(32,33-3)36-13-5-17(34-14(13)8-26)25-7-11(2)19(29)23-21(25)31/h6-7,12-17,26-27H,4-5,8-9H2,1-3H3,(H,22,28,30)(H,23,29,31). The number of aryl methyl sites for hydroxylation is 2. The number of nitrogens with zero attached hydrogens (tertiary/aromatic N) is 2. The van der Waals surface area contributed by atoms with Gasteiger partial charge in [0.15, 0.2) is 0 Å². The van der Waals surface area contributed by atoms with Crippen molar-refractivity contribution in [3.63, 3.8) is 0 Å². The Balaban J connectivity index is 1.42. The third kappa shape index (κ3) is 6.03. The fraction of sp³-hybridized carbons (Fsp3) is 0.619. The maximum absolute atomic E-state index is 13.5. The monoisotopic (exact) mass is 624 g/mol. The first kappa shape index (κ1) is 28.9. The number of ether oxygens (including phenoxy) is 2. The second-order valence-electron chi connectivity index (χ2n) is 9.01. The third-order valence-electron chi connectivity index (χ3n) is 6.36. The van der Waals surface area contributed by atoms with Crippen molar-refractivity contribution in [2.24, 2.45) is 0 Å². The van der Waals surface area contributed by atoms with Gasteiger partial charge in [0, 0.05) is 0 Å². The number of H-pyrrole nitrogens is 2. The SMILES string of the molecule is COP(=O)(OC1CC(n2cc(C)c(=O)[nH]c2=O)OC1CO)[Se]CC1OC(n2cc(C)c(=O)[nH]c2=O)CC1O. The number of hydrogen-bond acceptors (Lipinski definition) is 11. The van der Waals surface area contributed by atoms with Crippen molar-refractivity contribution in [3.8, 4) is 0 Å². The summed E-state index contributed by atoms with van der Waals surface area (Å²) in [5.41, 5.74) is -1.80. The van der Waals surface area contributed by atoms with Crippen molar-refractivity contribution >= 4 is 20.8 Å². The van der Waals surface area contributed by atoms with E-state index in [1.54, 1.807) is 6.92 Å². The molecule has 7 unspecified atom stereocenters. The number of aromatic nitrogens is 4. The molecule has 4 rings (SSSR count). The van der Waals surface area contributed by atoms with E-state index in [2.05, 4.69) is 9.97 Å². The van der Waals surface area contributed by atoms with Gasteiger partial charge in [0.2, 0.25) is 0 Å². The van der Waals surface area contributed by atoms with E-state index in [0.29, 0.717) is 5.56 Å². The Bertz CT molecular complexity index is 1450. The predicted molar refractivity (Wildman–Crippen MR) is 132 cm³/mol. The molecule has 15 nitrogen and oxygen atoms in total. The molecule has 7 atom stereocenters. The fourth-order valence-electron chi connectivity index (χ4n) is 4.24. The van der Waals surface area contributed by atoms with Gasteiger partial charge in [0.05, 0.1) is 0 Å². The van der Waals surface area contributed by atoms with Crippen LogP contribution in [0, 0.1) is 13.8 Å². The van der Waals surface area contributed by atoms with Crippen molar-refractivity contribution in [2.45, 2.75) is 68.9 Å². The normalized spacial score (nSPS) is 29.0. The molecular formula is C21H29N4O11PSe. The summed E-state index contributed by atoms with van der Waals surface area (Å²) < 4.78 is 38.4. The molecule has 0 aliphatic carbocycles. The summed E-state index contributed by atoms with van der Waals surface area (Å²) in [5.74, 6) is 0. The predicted octanol–water partition coefficient (Wildman–Crippen LogP) is -1.11. The van der Waals surface area contributed by atoms with Crippen LogP contribution in [0.25, 0.3) is 0 Å². The molecule has 0 spiro atoms. The molecule has 210 valence electrons. The fourth-order valence-corrected chi connectivity index (χ4v) is 9.82. The molecule has 2 aromatic heterocycles. The molecule has 2 aliphatic rings. The van der Waals surface area contributed by atoms with E-state index in [-0.39, 0.29) is 23.7 Å². The second kappa shape index (κ2) is 11.5. The molecule has 2 aromatic rings. The van der Waals surface area contributed by atoms with Crippen LogP contribution in [0.15, 0.2) is 31.6 Å². The van der Waals surface area contributed by atoms with Gasteiger partial charge in [-0.15, -0.1) is 0 Å². The van der Waals surface area contributed by atoms with Gasteiger partial charge in [-0.25, -0.2) is 0 Å². The summed E-state index contributed by atoms with van der Waals surface area (Å²) in [4.78, 5) is 52.2. The topological polar surface area (TPSA) is 204 Å². The number of nitrogens with one attached hydrogen (secondary N) is 2. The molecule has 2 saturated heterocycles. The molecule has 0 radical (unpaired) electrons. The van der Waals surface area contributed by atoms with E-state index < -0.39 is 86.8 Å². The molecule has 0 amide bonds. The van der Waals surface area contributed by atoms with Crippen molar-refractivity contribution < 1.29 is 33.3 Å². The number of rotatable bonds is 9. The van der Waals surface area contributed by atoms with Gasteiger partial charge in [-0.05, 0) is 0 Å². The van der Waals surface area contributed by atoms with Crippen LogP contribution in [0.3, 0.4) is 0 Å². The zero-order valence-electron chi connectivity index (χ0n) is 20.8. The van der Waals surface area contributed by atoms with Gasteiger partial charge in [-0.2, -0.15) is 0 Å². The number of hydrogen-bond donors (Lipinski definition) is 4. The summed E-state index contributed by atoms with van der Waals surface area (Å²) >= 11 is -0.850. The van der Waals surface area contributed by atoms with Gasteiger partial charge in [0.25, 0.3) is 0 Å². The van der Waals surface area contributed by atoms with Crippen molar-refractivity contribution in [3.05, 3.63) is 65.2 Å². The first-order valence-electron chi connectivity index (χ1n) is 11.7. The minimum atomic E-state index is -3.72. The van der Waals surface area contributed by atoms with E-state index in [1.807, 2.05) is 0 Å². The Labute approximate surface area is 221 Å². The van der Waals surface area contributed by atoms with Gasteiger partial charge >= 0.3 is 221 Å². The van der Waals surface area contributed by atoms with Crippen LogP contribution in [0.4, 0.5) is 0 Å². The van der Waals surface area contributed by atoms with Crippen molar-refractivity contribution in [1.29, 1.82) is 0 Å². The Morgan fingerprint density at radius 2 is 1.53 bits per heavy atom. The van der Waals surface area contributed by atoms with Crippen LogP contribution >= 0.6 is 6.29 Å². The molecule has 38 heavy (non-hydrogen) atoms. The molecule has 0 bridgehead atoms. The average Bonchev–Trinajstić information content (AvgIpc) is 3.44. The summed E-state index contributed by atoms with van der Waals surface area (Å²) in [6, 6.07) is 0. The van der Waals surface area contributed by atoms with E-state index in [4.69, 9.17) is 18.5 Å². The van der Waals surface area contributed by atoms with Gasteiger partial charge < -0.3 is 0 Å². The van der Waals surface area contributed by atoms with E-state index in [1.165, 1.54) is 35.6 Å². The van der Waals surface area contributed by atoms with Crippen molar-refractivity contribution in [2.75, 3.05) is 13.7 Å². The molecule has 4 heterocycles.